The van der Waals surface area contributed by atoms with E-state index in [9.17, 15) is 0 Å². The summed E-state index contributed by atoms with van der Waals surface area (Å²) in [5, 5.41) is 0.508. The van der Waals surface area contributed by atoms with Gasteiger partial charge in [0, 0.05) is 5.38 Å². The van der Waals surface area contributed by atoms with E-state index in [1.54, 1.807) is 0 Å². The minimum absolute atomic E-state index is 0. The summed E-state index contributed by atoms with van der Waals surface area (Å²) >= 11 is 5.82. The predicted octanol–water partition coefficient (Wildman–Crippen LogP) is 2.62. The second-order valence-electron chi connectivity index (χ2n) is 2.24. The molecule has 1 fully saturated rings. The number of alkyl halides is 1. The Morgan fingerprint density at radius 3 is 1.75 bits per heavy atom. The average Bonchev–Trinajstić information content (AvgIpc) is 1.69. The maximum absolute atomic E-state index is 5.82. The Labute approximate surface area is 59.6 Å². The van der Waals surface area contributed by atoms with Gasteiger partial charge in [0.1, 0.15) is 0 Å². The van der Waals surface area contributed by atoms with Gasteiger partial charge in [-0.2, -0.15) is 9.90 Å². The first-order valence-corrected chi connectivity index (χ1v) is 3.47. The summed E-state index contributed by atoms with van der Waals surface area (Å²) in [5.74, 6) is 0. The zero-order chi connectivity index (χ0) is 5.11. The largest absolute Gasteiger partial charge is 0.153 e. The van der Waals surface area contributed by atoms with Crippen molar-refractivity contribution in [3.05, 3.63) is 0 Å². The Kier molecular flexibility index (Phi) is 5.00. The number of hydrogen-bond acceptors (Lipinski definition) is 0. The van der Waals surface area contributed by atoms with Gasteiger partial charge < -0.3 is 0 Å². The summed E-state index contributed by atoms with van der Waals surface area (Å²) in [5.41, 5.74) is 0. The molecule has 0 bridgehead atoms. The Balaban J connectivity index is 0.000000490. The highest BCUT2D eigenvalue weighted by atomic mass is 35.5. The molecular weight excluding hydrogens is 138 g/mol. The summed E-state index contributed by atoms with van der Waals surface area (Å²) in [4.78, 5) is 0. The molecule has 1 aliphatic rings. The molecule has 0 heterocycles. The zero-order valence-electron chi connectivity index (χ0n) is 5.20. The van der Waals surface area contributed by atoms with E-state index in [1.165, 1.54) is 32.1 Å². The van der Waals surface area contributed by atoms with E-state index in [4.69, 9.17) is 11.6 Å². The van der Waals surface area contributed by atoms with Gasteiger partial charge in [0.2, 0.25) is 0 Å². The molecule has 0 aromatic carbocycles. The van der Waals surface area contributed by atoms with Crippen molar-refractivity contribution in [2.45, 2.75) is 37.5 Å². The molecule has 50 valence electrons. The fraction of sp³-hybridized carbons (Fsp3) is 1.00. The minimum Gasteiger partial charge on any atom is -0.153 e. The van der Waals surface area contributed by atoms with Gasteiger partial charge in [-0.25, -0.2) is 0 Å². The lowest BCUT2D eigenvalue weighted by Crippen LogP contribution is -2.03. The van der Waals surface area contributed by atoms with E-state index in [-0.39, 0.29) is 9.90 Å². The summed E-state index contributed by atoms with van der Waals surface area (Å²) in [6.45, 7) is 0. The normalized spacial score (nSPS) is 22.1. The van der Waals surface area contributed by atoms with Crippen LogP contribution in [0.2, 0.25) is 0 Å². The molecule has 1 unspecified atom stereocenters. The van der Waals surface area contributed by atoms with E-state index < -0.39 is 0 Å². The van der Waals surface area contributed by atoms with Gasteiger partial charge in [0.05, 0.1) is 0 Å². The maximum atomic E-state index is 5.82. The van der Waals surface area contributed by atoms with Gasteiger partial charge in [-0.1, -0.05) is 19.3 Å². The van der Waals surface area contributed by atoms with Crippen LogP contribution in [0.5, 0.6) is 0 Å². The van der Waals surface area contributed by atoms with Gasteiger partial charge in [-0.05, 0) is 12.8 Å². The molecule has 0 radical (unpaired) electrons. The standard InChI is InChI=1S/C6H11Cl.H3P/c7-6-4-2-1-3-5-6;/h6H,1-5H2;1H3. The van der Waals surface area contributed by atoms with Gasteiger partial charge >= 0.3 is 0 Å². The van der Waals surface area contributed by atoms with E-state index in [1.807, 2.05) is 0 Å². The van der Waals surface area contributed by atoms with Crippen molar-refractivity contribution in [1.29, 1.82) is 0 Å². The van der Waals surface area contributed by atoms with Gasteiger partial charge in [0.15, 0.2) is 0 Å². The summed E-state index contributed by atoms with van der Waals surface area (Å²) in [6.07, 6.45) is 6.62. The summed E-state index contributed by atoms with van der Waals surface area (Å²) < 4.78 is 0. The molecule has 0 nitrogen and oxygen atoms in total. The Bertz CT molecular complexity index is 50.5. The van der Waals surface area contributed by atoms with Crippen LogP contribution in [-0.4, -0.2) is 5.38 Å². The molecule has 1 saturated carbocycles. The lowest BCUT2D eigenvalue weighted by atomic mass is 10.0. The van der Waals surface area contributed by atoms with Crippen molar-refractivity contribution in [3.63, 3.8) is 0 Å². The topological polar surface area (TPSA) is 0 Å². The molecule has 0 aromatic rings. The highest BCUT2D eigenvalue weighted by Crippen LogP contribution is 2.21. The van der Waals surface area contributed by atoms with Crippen molar-refractivity contribution in [1.82, 2.24) is 0 Å². The average molecular weight is 153 g/mol. The van der Waals surface area contributed by atoms with Gasteiger partial charge in [-0.3, -0.25) is 0 Å². The number of halogens is 1. The van der Waals surface area contributed by atoms with Crippen molar-refractivity contribution in [2.75, 3.05) is 0 Å². The smallest absolute Gasteiger partial charge is 0.0336 e. The van der Waals surface area contributed by atoms with Crippen LogP contribution >= 0.6 is 21.5 Å². The van der Waals surface area contributed by atoms with Gasteiger partial charge in [0.25, 0.3) is 0 Å². The van der Waals surface area contributed by atoms with Crippen LogP contribution < -0.4 is 0 Å². The lowest BCUT2D eigenvalue weighted by Gasteiger charge is -2.13. The molecule has 0 saturated heterocycles. The Hall–Kier alpha value is 0.720. The second kappa shape index (κ2) is 4.58. The molecule has 0 aromatic heterocycles. The molecule has 8 heavy (non-hydrogen) atoms. The molecule has 2 heteroatoms. The molecule has 1 aliphatic carbocycles. The minimum atomic E-state index is 0. The van der Waals surface area contributed by atoms with E-state index in [0.29, 0.717) is 5.38 Å². The van der Waals surface area contributed by atoms with E-state index >= 15 is 0 Å². The highest BCUT2D eigenvalue weighted by molar-refractivity contribution is 6.92. The lowest BCUT2D eigenvalue weighted by molar-refractivity contribution is 0.511. The fourth-order valence-corrected chi connectivity index (χ4v) is 1.36. The fourth-order valence-electron chi connectivity index (χ4n) is 1.05. The molecule has 0 aliphatic heterocycles. The monoisotopic (exact) mass is 152 g/mol. The zero-order valence-corrected chi connectivity index (χ0v) is 7.37. The van der Waals surface area contributed by atoms with Crippen molar-refractivity contribution >= 4 is 21.5 Å². The van der Waals surface area contributed by atoms with Crippen LogP contribution in [0.4, 0.5) is 0 Å². The van der Waals surface area contributed by atoms with E-state index in [0.717, 1.165) is 0 Å². The highest BCUT2D eigenvalue weighted by Gasteiger charge is 2.08. The van der Waals surface area contributed by atoms with Crippen LogP contribution in [0, 0.1) is 0 Å². The SMILES string of the molecule is ClC1CCCCC1.P. The van der Waals surface area contributed by atoms with Crippen molar-refractivity contribution in [2.24, 2.45) is 0 Å². The van der Waals surface area contributed by atoms with Crippen molar-refractivity contribution in [3.8, 4) is 0 Å². The first-order valence-electron chi connectivity index (χ1n) is 3.03. The molecule has 1 atom stereocenters. The Morgan fingerprint density at radius 1 is 1.00 bits per heavy atom. The quantitative estimate of drug-likeness (QED) is 0.370. The first kappa shape index (κ1) is 8.72. The van der Waals surface area contributed by atoms with Crippen LogP contribution in [0.25, 0.3) is 0 Å². The molecule has 1 rings (SSSR count). The van der Waals surface area contributed by atoms with Crippen molar-refractivity contribution < 1.29 is 0 Å². The third kappa shape index (κ3) is 2.89. The number of hydrogen-bond donors (Lipinski definition) is 0. The first-order chi connectivity index (χ1) is 3.39. The predicted molar refractivity (Wildman–Crippen MR) is 43.8 cm³/mol. The molecule has 0 spiro atoms. The molecule has 0 N–H and O–H groups in total. The summed E-state index contributed by atoms with van der Waals surface area (Å²) in [6, 6.07) is 0. The maximum Gasteiger partial charge on any atom is 0.0336 e. The third-order valence-corrected chi connectivity index (χ3v) is 1.97. The molecular formula is C6H14ClP. The van der Waals surface area contributed by atoms with Crippen LogP contribution in [0.15, 0.2) is 0 Å². The van der Waals surface area contributed by atoms with Gasteiger partial charge in [-0.15, -0.1) is 11.6 Å². The number of rotatable bonds is 0. The van der Waals surface area contributed by atoms with E-state index in [2.05, 4.69) is 0 Å². The third-order valence-electron chi connectivity index (χ3n) is 1.53. The Morgan fingerprint density at radius 2 is 1.50 bits per heavy atom. The molecule has 0 amide bonds. The van der Waals surface area contributed by atoms with Crippen LogP contribution in [0.3, 0.4) is 0 Å². The van der Waals surface area contributed by atoms with Crippen LogP contribution in [-0.2, 0) is 0 Å². The van der Waals surface area contributed by atoms with Crippen LogP contribution in [0.1, 0.15) is 32.1 Å². The summed E-state index contributed by atoms with van der Waals surface area (Å²) in [7, 11) is 0. The second-order valence-corrected chi connectivity index (χ2v) is 2.85.